The first kappa shape index (κ1) is 15.4. The molecule has 1 atom stereocenters. The predicted molar refractivity (Wildman–Crippen MR) is 85.1 cm³/mol. The Bertz CT molecular complexity index is 720. The van der Waals surface area contributed by atoms with E-state index in [0.717, 1.165) is 11.0 Å². The maximum Gasteiger partial charge on any atom is 0.243 e. The summed E-state index contributed by atoms with van der Waals surface area (Å²) in [6.45, 7) is 5.62. The van der Waals surface area contributed by atoms with Crippen molar-refractivity contribution in [3.05, 3.63) is 26.9 Å². The van der Waals surface area contributed by atoms with E-state index >= 15 is 0 Å². The molecular formula is C13H15Cl2N3OS. The van der Waals surface area contributed by atoms with Crippen LogP contribution in [0, 0.1) is 4.77 Å². The average molecular weight is 332 g/mol. The minimum Gasteiger partial charge on any atom is -0.352 e. The molecule has 0 bridgehead atoms. The van der Waals surface area contributed by atoms with Crippen molar-refractivity contribution in [2.75, 3.05) is 0 Å². The largest absolute Gasteiger partial charge is 0.352 e. The van der Waals surface area contributed by atoms with E-state index in [1.54, 1.807) is 23.6 Å². The number of hydrogen-bond acceptors (Lipinski definition) is 2. The highest BCUT2D eigenvalue weighted by molar-refractivity contribution is 7.71. The number of aromatic nitrogens is 2. The first-order chi connectivity index (χ1) is 9.31. The van der Waals surface area contributed by atoms with Crippen molar-refractivity contribution >= 4 is 52.4 Å². The van der Waals surface area contributed by atoms with E-state index in [9.17, 15) is 4.79 Å². The van der Waals surface area contributed by atoms with Gasteiger partial charge in [0.1, 0.15) is 6.04 Å². The van der Waals surface area contributed by atoms with Gasteiger partial charge in [-0.1, -0.05) is 23.2 Å². The average Bonchev–Trinajstić information content (AvgIpc) is 2.63. The van der Waals surface area contributed by atoms with Crippen LogP contribution in [0.3, 0.4) is 0 Å². The number of carbonyl (C=O) groups excluding carboxylic acids is 1. The van der Waals surface area contributed by atoms with Crippen molar-refractivity contribution in [3.63, 3.8) is 0 Å². The summed E-state index contributed by atoms with van der Waals surface area (Å²) in [5.41, 5.74) is 1.52. The number of nitrogens with one attached hydrogen (secondary N) is 2. The van der Waals surface area contributed by atoms with Gasteiger partial charge >= 0.3 is 0 Å². The quantitative estimate of drug-likeness (QED) is 0.832. The summed E-state index contributed by atoms with van der Waals surface area (Å²) < 4.78 is 2.20. The normalized spacial score (nSPS) is 12.9. The summed E-state index contributed by atoms with van der Waals surface area (Å²) in [6.07, 6.45) is 0. The second-order valence-electron chi connectivity index (χ2n) is 4.92. The maximum atomic E-state index is 12.1. The molecule has 0 saturated heterocycles. The van der Waals surface area contributed by atoms with Crippen LogP contribution in [-0.2, 0) is 4.79 Å². The van der Waals surface area contributed by atoms with Crippen molar-refractivity contribution in [1.82, 2.24) is 14.9 Å². The van der Waals surface area contributed by atoms with Gasteiger partial charge in [0.25, 0.3) is 0 Å². The molecular weight excluding hydrogens is 317 g/mol. The number of nitrogens with zero attached hydrogens (tertiary/aromatic N) is 1. The third kappa shape index (κ3) is 2.85. The predicted octanol–water partition coefficient (Wildman–Crippen LogP) is 4.09. The van der Waals surface area contributed by atoms with Gasteiger partial charge in [-0.25, -0.2) is 0 Å². The lowest BCUT2D eigenvalue weighted by Crippen LogP contribution is -2.35. The number of imidazole rings is 1. The van der Waals surface area contributed by atoms with Crippen LogP contribution in [0.5, 0.6) is 0 Å². The van der Waals surface area contributed by atoms with Crippen LogP contribution in [-0.4, -0.2) is 21.5 Å². The number of amides is 1. The monoisotopic (exact) mass is 331 g/mol. The Balaban J connectivity index is 2.54. The van der Waals surface area contributed by atoms with Gasteiger partial charge in [0, 0.05) is 6.04 Å². The highest BCUT2D eigenvalue weighted by Crippen LogP contribution is 2.29. The first-order valence-electron chi connectivity index (χ1n) is 6.21. The molecule has 108 valence electrons. The van der Waals surface area contributed by atoms with E-state index < -0.39 is 6.04 Å². The van der Waals surface area contributed by atoms with Crippen LogP contribution < -0.4 is 5.32 Å². The Morgan fingerprint density at radius 3 is 2.50 bits per heavy atom. The molecule has 2 N–H and O–H groups in total. The molecule has 2 aromatic rings. The van der Waals surface area contributed by atoms with Crippen LogP contribution in [0.25, 0.3) is 11.0 Å². The molecule has 1 heterocycles. The Hall–Kier alpha value is -1.04. The lowest BCUT2D eigenvalue weighted by Gasteiger charge is -2.16. The second kappa shape index (κ2) is 5.76. The summed E-state index contributed by atoms with van der Waals surface area (Å²) in [6, 6.07) is 3.06. The van der Waals surface area contributed by atoms with E-state index in [2.05, 4.69) is 10.3 Å². The second-order valence-corrected chi connectivity index (χ2v) is 6.12. The molecule has 1 aromatic heterocycles. The molecule has 0 aliphatic rings. The Morgan fingerprint density at radius 2 is 1.90 bits per heavy atom. The fourth-order valence-corrected chi connectivity index (χ4v) is 2.72. The Morgan fingerprint density at radius 1 is 1.30 bits per heavy atom. The smallest absolute Gasteiger partial charge is 0.243 e. The van der Waals surface area contributed by atoms with Crippen LogP contribution in [0.2, 0.25) is 10.0 Å². The molecule has 0 aliphatic carbocycles. The highest BCUT2D eigenvalue weighted by atomic mass is 35.5. The fourth-order valence-electron chi connectivity index (χ4n) is 2.03. The molecule has 1 unspecified atom stereocenters. The molecule has 1 aromatic carbocycles. The van der Waals surface area contributed by atoms with E-state index in [4.69, 9.17) is 35.4 Å². The topological polar surface area (TPSA) is 49.8 Å². The van der Waals surface area contributed by atoms with Crippen molar-refractivity contribution in [3.8, 4) is 0 Å². The van der Waals surface area contributed by atoms with Gasteiger partial charge in [0.2, 0.25) is 5.91 Å². The van der Waals surface area contributed by atoms with E-state index in [1.807, 2.05) is 13.8 Å². The molecule has 2 rings (SSSR count). The standard InChI is InChI=1S/C13H15Cl2N3OS/c1-6(2)16-12(19)7(3)18-11-5-9(15)8(14)4-10(11)17-13(18)20/h4-7H,1-3H3,(H,16,19)(H,17,20). The highest BCUT2D eigenvalue weighted by Gasteiger charge is 2.19. The van der Waals surface area contributed by atoms with Crippen LogP contribution >= 0.6 is 35.4 Å². The number of benzene rings is 1. The summed E-state index contributed by atoms with van der Waals surface area (Å²) >= 11 is 17.3. The molecule has 1 amide bonds. The van der Waals surface area contributed by atoms with E-state index in [0.29, 0.717) is 14.8 Å². The summed E-state index contributed by atoms with van der Waals surface area (Å²) in [7, 11) is 0. The van der Waals surface area contributed by atoms with Gasteiger partial charge in [0.05, 0.1) is 21.1 Å². The summed E-state index contributed by atoms with van der Waals surface area (Å²) in [5.74, 6) is -0.0944. The Labute approximate surface area is 132 Å². The molecule has 20 heavy (non-hydrogen) atoms. The van der Waals surface area contributed by atoms with Gasteiger partial charge in [-0.05, 0) is 45.1 Å². The number of hydrogen-bond donors (Lipinski definition) is 2. The number of aromatic amines is 1. The van der Waals surface area contributed by atoms with Crippen molar-refractivity contribution in [2.24, 2.45) is 0 Å². The molecule has 0 radical (unpaired) electrons. The van der Waals surface area contributed by atoms with E-state index in [-0.39, 0.29) is 11.9 Å². The summed E-state index contributed by atoms with van der Waals surface area (Å²) in [5, 5.41) is 3.74. The first-order valence-corrected chi connectivity index (χ1v) is 7.37. The zero-order chi connectivity index (χ0) is 15.0. The van der Waals surface area contributed by atoms with Gasteiger partial charge in [-0.2, -0.15) is 0 Å². The number of rotatable bonds is 3. The number of H-pyrrole nitrogens is 1. The SMILES string of the molecule is CC(C)NC(=O)C(C)n1c(=S)[nH]c2cc(Cl)c(Cl)cc21. The van der Waals surface area contributed by atoms with Crippen LogP contribution in [0.15, 0.2) is 12.1 Å². The van der Waals surface area contributed by atoms with Crippen LogP contribution in [0.1, 0.15) is 26.8 Å². The van der Waals surface area contributed by atoms with Gasteiger partial charge in [-0.15, -0.1) is 0 Å². The van der Waals surface area contributed by atoms with Gasteiger partial charge < -0.3 is 14.9 Å². The molecule has 7 heteroatoms. The van der Waals surface area contributed by atoms with Gasteiger partial charge in [-0.3, -0.25) is 4.79 Å². The van der Waals surface area contributed by atoms with E-state index in [1.165, 1.54) is 0 Å². The Kier molecular flexibility index (Phi) is 4.42. The van der Waals surface area contributed by atoms with Crippen molar-refractivity contribution in [2.45, 2.75) is 32.9 Å². The lowest BCUT2D eigenvalue weighted by molar-refractivity contribution is -0.124. The zero-order valence-electron chi connectivity index (χ0n) is 11.3. The van der Waals surface area contributed by atoms with Crippen molar-refractivity contribution < 1.29 is 4.79 Å². The molecule has 4 nitrogen and oxygen atoms in total. The molecule has 0 spiro atoms. The molecule has 0 aliphatic heterocycles. The molecule has 0 fully saturated rings. The van der Waals surface area contributed by atoms with Crippen molar-refractivity contribution in [1.29, 1.82) is 0 Å². The minimum absolute atomic E-state index is 0.0716. The zero-order valence-corrected chi connectivity index (χ0v) is 13.7. The van der Waals surface area contributed by atoms with Gasteiger partial charge in [0.15, 0.2) is 4.77 Å². The number of halogens is 2. The third-order valence-electron chi connectivity index (χ3n) is 2.96. The maximum absolute atomic E-state index is 12.1. The van der Waals surface area contributed by atoms with Crippen LogP contribution in [0.4, 0.5) is 0 Å². The summed E-state index contributed by atoms with van der Waals surface area (Å²) in [4.78, 5) is 15.2. The lowest BCUT2D eigenvalue weighted by atomic mass is 10.2. The number of carbonyl (C=O) groups is 1. The molecule has 0 saturated carbocycles. The number of fused-ring (bicyclic) bond motifs is 1. The minimum atomic E-state index is -0.434. The fraction of sp³-hybridized carbons (Fsp3) is 0.385. The third-order valence-corrected chi connectivity index (χ3v) is 3.98.